The number of nitrogens with two attached hydrogens (primary N) is 1. The third-order valence-electron chi connectivity index (χ3n) is 7.31. The Hall–Kier alpha value is -4.94. The van der Waals surface area contributed by atoms with Crippen LogP contribution in [0.1, 0.15) is 12.6 Å². The fourth-order valence-corrected chi connectivity index (χ4v) is 5.03. The second-order valence-corrected chi connectivity index (χ2v) is 10.9. The summed E-state index contributed by atoms with van der Waals surface area (Å²) in [5.74, 6) is 0.964. The van der Waals surface area contributed by atoms with Gasteiger partial charge in [0.05, 0.1) is 34.6 Å². The van der Waals surface area contributed by atoms with Crippen molar-refractivity contribution in [2.24, 2.45) is 5.73 Å². The Morgan fingerprint density at radius 2 is 2.05 bits per heavy atom. The summed E-state index contributed by atoms with van der Waals surface area (Å²) >= 11 is 0. The number of halogens is 1. The lowest BCUT2D eigenvalue weighted by Crippen LogP contribution is -2.56. The van der Waals surface area contributed by atoms with Crippen LogP contribution in [0.15, 0.2) is 49.4 Å². The number of nitrogens with one attached hydrogen (secondary N) is 3. The van der Waals surface area contributed by atoms with E-state index in [1.807, 2.05) is 45.3 Å². The zero-order valence-corrected chi connectivity index (χ0v) is 24.4. The van der Waals surface area contributed by atoms with Gasteiger partial charge in [-0.2, -0.15) is 5.10 Å². The van der Waals surface area contributed by atoms with E-state index in [1.54, 1.807) is 18.6 Å². The number of anilines is 2. The molecule has 11 nitrogen and oxygen atoms in total. The zero-order chi connectivity index (χ0) is 30.1. The summed E-state index contributed by atoms with van der Waals surface area (Å²) < 4.78 is 14.7. The van der Waals surface area contributed by atoms with Crippen molar-refractivity contribution in [1.82, 2.24) is 40.0 Å². The van der Waals surface area contributed by atoms with Crippen LogP contribution >= 0.6 is 0 Å². The Kier molecular flexibility index (Phi) is 7.70. The number of allylic oxidation sites excluding steroid dienone is 1. The lowest BCUT2D eigenvalue weighted by molar-refractivity contribution is 0.425. The number of rotatable bonds is 9. The maximum absolute atomic E-state index is 14.7. The minimum atomic E-state index is -0.352. The van der Waals surface area contributed by atoms with Gasteiger partial charge in [-0.05, 0) is 56.9 Å². The van der Waals surface area contributed by atoms with E-state index in [9.17, 15) is 4.39 Å². The van der Waals surface area contributed by atoms with Crippen molar-refractivity contribution in [2.75, 3.05) is 50.5 Å². The smallest absolute Gasteiger partial charge is 0.159 e. The summed E-state index contributed by atoms with van der Waals surface area (Å²) in [7, 11) is 3.99. The van der Waals surface area contributed by atoms with Gasteiger partial charge in [0.15, 0.2) is 5.82 Å². The highest BCUT2D eigenvalue weighted by Crippen LogP contribution is 2.29. The molecule has 220 valence electrons. The Morgan fingerprint density at radius 3 is 2.81 bits per heavy atom. The molecule has 5 heterocycles. The molecule has 0 atom stereocenters. The number of aromatic nitrogens is 7. The number of fused-ring (bicyclic) bond motifs is 1. The first kappa shape index (κ1) is 28.2. The van der Waals surface area contributed by atoms with E-state index in [2.05, 4.69) is 46.8 Å². The number of benzene rings is 1. The number of pyridine rings is 1. The minimum Gasteiger partial charge on any atom is -0.384 e. The highest BCUT2D eigenvalue weighted by molar-refractivity contribution is 5.92. The Labute approximate surface area is 248 Å². The Bertz CT molecular complexity index is 1920. The summed E-state index contributed by atoms with van der Waals surface area (Å²) in [6, 6.07) is 6.84. The van der Waals surface area contributed by atoms with Crippen molar-refractivity contribution in [3.8, 4) is 22.8 Å². The number of likely N-dealkylation sites (N-methyl/N-ethyl adjacent to an activating group) is 1. The molecule has 12 heteroatoms. The summed E-state index contributed by atoms with van der Waals surface area (Å²) in [4.78, 5) is 26.1. The van der Waals surface area contributed by atoms with Crippen LogP contribution in [-0.4, -0.2) is 86.3 Å². The average Bonchev–Trinajstić information content (AvgIpc) is 3.58. The van der Waals surface area contributed by atoms with Crippen molar-refractivity contribution >= 4 is 40.3 Å². The molecule has 43 heavy (non-hydrogen) atoms. The van der Waals surface area contributed by atoms with E-state index in [0.717, 1.165) is 41.5 Å². The third-order valence-corrected chi connectivity index (χ3v) is 7.31. The zero-order valence-electron chi connectivity index (χ0n) is 24.4. The number of H-pyrrole nitrogens is 2. The lowest BCUT2D eigenvalue weighted by atomic mass is 10.1. The first-order valence-corrected chi connectivity index (χ1v) is 14.1. The van der Waals surface area contributed by atoms with Gasteiger partial charge in [0.1, 0.15) is 22.8 Å². The highest BCUT2D eigenvalue weighted by Gasteiger charge is 2.24. The summed E-state index contributed by atoms with van der Waals surface area (Å²) in [5, 5.41) is 12.6. The van der Waals surface area contributed by atoms with E-state index in [4.69, 9.17) is 15.7 Å². The van der Waals surface area contributed by atoms with Crippen LogP contribution in [0, 0.1) is 5.82 Å². The maximum Gasteiger partial charge on any atom is 0.159 e. The monoisotopic (exact) mass is 579 g/mol. The molecule has 0 aliphatic carbocycles. The fourth-order valence-electron chi connectivity index (χ4n) is 5.03. The molecule has 0 amide bonds. The Morgan fingerprint density at radius 1 is 1.21 bits per heavy atom. The largest absolute Gasteiger partial charge is 0.384 e. The fraction of sp³-hybridized carbons (Fsp3) is 0.258. The highest BCUT2D eigenvalue weighted by atomic mass is 19.1. The van der Waals surface area contributed by atoms with Crippen molar-refractivity contribution in [1.29, 1.82) is 0 Å². The molecule has 0 bridgehead atoms. The molecule has 1 aromatic carbocycles. The van der Waals surface area contributed by atoms with E-state index in [-0.39, 0.29) is 11.9 Å². The number of hydrogen-bond acceptors (Lipinski definition) is 9. The van der Waals surface area contributed by atoms with Crippen LogP contribution in [-0.2, 0) is 0 Å². The molecule has 0 saturated carbocycles. The molecule has 1 fully saturated rings. The van der Waals surface area contributed by atoms with Crippen LogP contribution in [0.25, 0.3) is 51.5 Å². The standard InChI is InChI=1S/C31H34FN11/c1-5-24-23(10-18(2)26-14-34-15-27(37-26)43-16-21(33)17-43)29(41-40-24)31-38-25-6-7-36-28(30(25)39-31)19-11-20(32)13-22(12-19)35-8-9-42(3)4/h5-7,10-15,21,35,40H,2,8-9,16-17,33H2,1,3-4H3,(H,38,39)/b23-10+,24-5+. The molecule has 5 aromatic rings. The van der Waals surface area contributed by atoms with Gasteiger partial charge in [-0.1, -0.05) is 12.7 Å². The summed E-state index contributed by atoms with van der Waals surface area (Å²) in [6.45, 7) is 9.21. The van der Waals surface area contributed by atoms with E-state index in [0.29, 0.717) is 51.8 Å². The number of hydrogen-bond donors (Lipinski definition) is 4. The van der Waals surface area contributed by atoms with Gasteiger partial charge in [0.2, 0.25) is 0 Å². The quantitative estimate of drug-likeness (QED) is 0.207. The summed E-state index contributed by atoms with van der Waals surface area (Å²) in [6.07, 6.45) is 8.98. The van der Waals surface area contributed by atoms with E-state index < -0.39 is 0 Å². The third kappa shape index (κ3) is 5.87. The van der Waals surface area contributed by atoms with Gasteiger partial charge in [0.25, 0.3) is 0 Å². The van der Waals surface area contributed by atoms with Crippen molar-refractivity contribution < 1.29 is 4.39 Å². The molecule has 0 unspecified atom stereocenters. The van der Waals surface area contributed by atoms with Crippen LogP contribution in [0.3, 0.4) is 0 Å². The van der Waals surface area contributed by atoms with E-state index >= 15 is 0 Å². The first-order chi connectivity index (χ1) is 20.8. The molecule has 1 aliphatic rings. The molecule has 6 rings (SSSR count). The van der Waals surface area contributed by atoms with Crippen LogP contribution in [0.5, 0.6) is 0 Å². The molecule has 0 spiro atoms. The number of imidazole rings is 1. The van der Waals surface area contributed by atoms with Crippen LogP contribution in [0.2, 0.25) is 0 Å². The van der Waals surface area contributed by atoms with Gasteiger partial charge >= 0.3 is 0 Å². The maximum atomic E-state index is 14.7. The van der Waals surface area contributed by atoms with E-state index in [1.165, 1.54) is 12.1 Å². The predicted octanol–water partition coefficient (Wildman–Crippen LogP) is 2.36. The number of nitrogens with zero attached hydrogens (tertiary/aromatic N) is 7. The van der Waals surface area contributed by atoms with Crippen LogP contribution < -0.4 is 26.5 Å². The topological polar surface area (TPSA) is 141 Å². The van der Waals surface area contributed by atoms with Crippen LogP contribution in [0.4, 0.5) is 15.9 Å². The Balaban J connectivity index is 1.37. The molecule has 1 aliphatic heterocycles. The number of aromatic amines is 2. The van der Waals surface area contributed by atoms with Gasteiger partial charge < -0.3 is 25.8 Å². The predicted molar refractivity (Wildman–Crippen MR) is 169 cm³/mol. The second-order valence-electron chi connectivity index (χ2n) is 10.9. The minimum absolute atomic E-state index is 0.156. The van der Waals surface area contributed by atoms with Gasteiger partial charge in [-0.3, -0.25) is 15.1 Å². The van der Waals surface area contributed by atoms with Crippen molar-refractivity contribution in [2.45, 2.75) is 13.0 Å². The molecule has 1 saturated heterocycles. The van der Waals surface area contributed by atoms with Gasteiger partial charge in [-0.15, -0.1) is 0 Å². The van der Waals surface area contributed by atoms with Gasteiger partial charge in [-0.25, -0.2) is 14.4 Å². The average molecular weight is 580 g/mol. The van der Waals surface area contributed by atoms with Crippen molar-refractivity contribution in [3.05, 3.63) is 71.5 Å². The molecular formula is C31H34FN11. The SMILES string of the molecule is C=C(/C=c1/c(-c2nc3c(-c4cc(F)cc(NCCN(C)C)c4)nccc3[nH]2)n[nH]/c1=C/C)c1cncc(N2CC(N)C2)n1. The van der Waals surface area contributed by atoms with Gasteiger partial charge in [0, 0.05) is 54.9 Å². The first-order valence-electron chi connectivity index (χ1n) is 14.1. The normalized spacial score (nSPS) is 14.6. The summed E-state index contributed by atoms with van der Waals surface area (Å²) in [5.41, 5.74) is 11.1. The molecule has 5 N–H and O–H groups in total. The lowest BCUT2D eigenvalue weighted by Gasteiger charge is -2.37. The molecule has 0 radical (unpaired) electrons. The second kappa shape index (κ2) is 11.7. The molecule has 4 aromatic heterocycles. The molecular weight excluding hydrogens is 545 g/mol. The van der Waals surface area contributed by atoms with Crippen molar-refractivity contribution in [3.63, 3.8) is 0 Å².